The van der Waals surface area contributed by atoms with Gasteiger partial charge in [-0.25, -0.2) is 4.98 Å². The second-order valence-electron chi connectivity index (χ2n) is 5.37. The van der Waals surface area contributed by atoms with E-state index in [1.54, 1.807) is 0 Å². The van der Waals surface area contributed by atoms with Crippen LogP contribution in [0, 0.1) is 12.8 Å². The predicted octanol–water partition coefficient (Wildman–Crippen LogP) is 0.939. The molecule has 0 aliphatic carbocycles. The fraction of sp³-hybridized carbons (Fsp3) is 0.571. The minimum atomic E-state index is -0.215. The maximum atomic E-state index is 11.4. The number of piperidine rings is 1. The third kappa shape index (κ3) is 2.87. The first-order valence-corrected chi connectivity index (χ1v) is 6.74. The number of hydrogen-bond acceptors (Lipinski definition) is 4. The van der Waals surface area contributed by atoms with Crippen molar-refractivity contribution >= 4 is 11.7 Å². The number of primary amides is 1. The van der Waals surface area contributed by atoms with Crippen molar-refractivity contribution in [2.45, 2.75) is 39.3 Å². The van der Waals surface area contributed by atoms with Crippen LogP contribution in [0.3, 0.4) is 0 Å². The molecule has 1 fully saturated rings. The monoisotopic (exact) mass is 262 g/mol. The SMILES string of the molecule is Cc1cc(CN)cnc1N1CC(C(N)=O)CCC1C. The number of amides is 1. The first-order valence-electron chi connectivity index (χ1n) is 6.74. The summed E-state index contributed by atoms with van der Waals surface area (Å²) in [5.74, 6) is 0.648. The number of nitrogens with two attached hydrogens (primary N) is 2. The standard InChI is InChI=1S/C14H22N4O/c1-9-5-11(6-15)7-17-14(9)18-8-12(13(16)19)4-3-10(18)2/h5,7,10,12H,3-4,6,8,15H2,1-2H3,(H2,16,19). The van der Waals surface area contributed by atoms with Crippen LogP contribution < -0.4 is 16.4 Å². The molecule has 1 aliphatic heterocycles. The maximum Gasteiger partial charge on any atom is 0.222 e. The van der Waals surface area contributed by atoms with Crippen molar-refractivity contribution in [2.24, 2.45) is 17.4 Å². The van der Waals surface area contributed by atoms with Gasteiger partial charge in [0.1, 0.15) is 5.82 Å². The van der Waals surface area contributed by atoms with Crippen molar-refractivity contribution < 1.29 is 4.79 Å². The summed E-state index contributed by atoms with van der Waals surface area (Å²) in [6.07, 6.45) is 3.64. The molecule has 0 saturated carbocycles. The lowest BCUT2D eigenvalue weighted by Crippen LogP contribution is -2.46. The van der Waals surface area contributed by atoms with Crippen molar-refractivity contribution in [3.05, 3.63) is 23.4 Å². The zero-order valence-electron chi connectivity index (χ0n) is 11.6. The van der Waals surface area contributed by atoms with E-state index in [4.69, 9.17) is 11.5 Å². The van der Waals surface area contributed by atoms with Crippen molar-refractivity contribution in [3.63, 3.8) is 0 Å². The number of hydrogen-bond donors (Lipinski definition) is 2. The summed E-state index contributed by atoms with van der Waals surface area (Å²) in [4.78, 5) is 18.1. The second kappa shape index (κ2) is 5.57. The van der Waals surface area contributed by atoms with E-state index in [-0.39, 0.29) is 11.8 Å². The lowest BCUT2D eigenvalue weighted by Gasteiger charge is -2.38. The molecule has 2 unspecified atom stereocenters. The molecule has 104 valence electrons. The molecule has 19 heavy (non-hydrogen) atoms. The average molecular weight is 262 g/mol. The molecular weight excluding hydrogens is 240 g/mol. The topological polar surface area (TPSA) is 85.2 Å². The number of pyridine rings is 1. The fourth-order valence-corrected chi connectivity index (χ4v) is 2.67. The molecule has 0 radical (unpaired) electrons. The van der Waals surface area contributed by atoms with Gasteiger partial charge in [-0.2, -0.15) is 0 Å². The predicted molar refractivity (Wildman–Crippen MR) is 75.6 cm³/mol. The largest absolute Gasteiger partial charge is 0.369 e. The zero-order chi connectivity index (χ0) is 14.0. The van der Waals surface area contributed by atoms with Crippen LogP contribution in [-0.4, -0.2) is 23.5 Å². The molecule has 5 heteroatoms. The first-order chi connectivity index (χ1) is 9.02. The number of anilines is 1. The zero-order valence-corrected chi connectivity index (χ0v) is 11.6. The first kappa shape index (κ1) is 13.8. The Labute approximate surface area is 114 Å². The molecule has 2 atom stereocenters. The van der Waals surface area contributed by atoms with Gasteiger partial charge < -0.3 is 16.4 Å². The molecule has 0 spiro atoms. The molecule has 2 heterocycles. The van der Waals surface area contributed by atoms with Crippen LogP contribution >= 0.6 is 0 Å². The van der Waals surface area contributed by atoms with E-state index in [0.717, 1.165) is 29.8 Å². The van der Waals surface area contributed by atoms with E-state index in [1.165, 1.54) is 0 Å². The summed E-state index contributed by atoms with van der Waals surface area (Å²) in [7, 11) is 0. The van der Waals surface area contributed by atoms with E-state index < -0.39 is 0 Å². The van der Waals surface area contributed by atoms with E-state index in [9.17, 15) is 4.79 Å². The molecule has 4 N–H and O–H groups in total. The summed E-state index contributed by atoms with van der Waals surface area (Å²) in [5, 5.41) is 0. The summed E-state index contributed by atoms with van der Waals surface area (Å²) < 4.78 is 0. The van der Waals surface area contributed by atoms with Crippen molar-refractivity contribution in [1.29, 1.82) is 0 Å². The lowest BCUT2D eigenvalue weighted by atomic mass is 9.92. The van der Waals surface area contributed by atoms with Gasteiger partial charge in [0.15, 0.2) is 0 Å². The highest BCUT2D eigenvalue weighted by Gasteiger charge is 2.30. The van der Waals surface area contributed by atoms with Crippen LogP contribution in [0.1, 0.15) is 30.9 Å². The number of nitrogens with zero attached hydrogens (tertiary/aromatic N) is 2. The molecule has 1 aromatic heterocycles. The second-order valence-corrected chi connectivity index (χ2v) is 5.37. The Hall–Kier alpha value is -1.62. The molecule has 1 aliphatic rings. The van der Waals surface area contributed by atoms with Crippen LogP contribution in [0.5, 0.6) is 0 Å². The number of carbonyl (C=O) groups is 1. The van der Waals surface area contributed by atoms with Gasteiger partial charge in [-0.3, -0.25) is 4.79 Å². The third-order valence-corrected chi connectivity index (χ3v) is 3.90. The number of rotatable bonds is 3. The van der Waals surface area contributed by atoms with Gasteiger partial charge in [-0.15, -0.1) is 0 Å². The minimum absolute atomic E-state index is 0.0772. The quantitative estimate of drug-likeness (QED) is 0.849. The summed E-state index contributed by atoms with van der Waals surface area (Å²) in [5.41, 5.74) is 13.2. The number of aromatic nitrogens is 1. The molecule has 0 bridgehead atoms. The molecule has 1 amide bonds. The Morgan fingerprint density at radius 3 is 2.84 bits per heavy atom. The third-order valence-electron chi connectivity index (χ3n) is 3.90. The van der Waals surface area contributed by atoms with Gasteiger partial charge in [-0.05, 0) is 43.9 Å². The average Bonchev–Trinajstić information content (AvgIpc) is 2.39. The smallest absolute Gasteiger partial charge is 0.222 e. The molecule has 1 aromatic rings. The summed E-state index contributed by atoms with van der Waals surface area (Å²) >= 11 is 0. The van der Waals surface area contributed by atoms with Gasteiger partial charge in [0.05, 0.1) is 5.92 Å². The number of carbonyl (C=O) groups excluding carboxylic acids is 1. The van der Waals surface area contributed by atoms with E-state index in [1.807, 2.05) is 13.1 Å². The Bertz CT molecular complexity index is 475. The highest BCUT2D eigenvalue weighted by Crippen LogP contribution is 2.28. The minimum Gasteiger partial charge on any atom is -0.369 e. The molecule has 2 rings (SSSR count). The Morgan fingerprint density at radius 1 is 1.53 bits per heavy atom. The van der Waals surface area contributed by atoms with Gasteiger partial charge >= 0.3 is 0 Å². The van der Waals surface area contributed by atoms with Gasteiger partial charge in [-0.1, -0.05) is 0 Å². The summed E-state index contributed by atoms with van der Waals surface area (Å²) in [6.45, 7) is 5.34. The van der Waals surface area contributed by atoms with Crippen molar-refractivity contribution in [2.75, 3.05) is 11.4 Å². The normalized spacial score (nSPS) is 23.4. The highest BCUT2D eigenvalue weighted by atomic mass is 16.1. The van der Waals surface area contributed by atoms with E-state index >= 15 is 0 Å². The van der Waals surface area contributed by atoms with Crippen LogP contribution in [0.4, 0.5) is 5.82 Å². The van der Waals surface area contributed by atoms with E-state index in [2.05, 4.69) is 22.9 Å². The highest BCUT2D eigenvalue weighted by molar-refractivity contribution is 5.77. The lowest BCUT2D eigenvalue weighted by molar-refractivity contribution is -0.122. The van der Waals surface area contributed by atoms with Crippen molar-refractivity contribution in [1.82, 2.24) is 4.98 Å². The summed E-state index contributed by atoms with van der Waals surface area (Å²) in [6, 6.07) is 2.44. The molecule has 1 saturated heterocycles. The van der Waals surface area contributed by atoms with E-state index in [0.29, 0.717) is 19.1 Å². The van der Waals surface area contributed by atoms with Crippen molar-refractivity contribution in [3.8, 4) is 0 Å². The Balaban J connectivity index is 2.25. The molecule has 5 nitrogen and oxygen atoms in total. The van der Waals surface area contributed by atoms with Gasteiger partial charge in [0.2, 0.25) is 5.91 Å². The van der Waals surface area contributed by atoms with Crippen LogP contribution in [0.25, 0.3) is 0 Å². The maximum absolute atomic E-state index is 11.4. The fourth-order valence-electron chi connectivity index (χ4n) is 2.67. The Morgan fingerprint density at radius 2 is 2.26 bits per heavy atom. The van der Waals surface area contributed by atoms with Crippen LogP contribution in [0.2, 0.25) is 0 Å². The molecular formula is C14H22N4O. The van der Waals surface area contributed by atoms with Crippen LogP contribution in [-0.2, 0) is 11.3 Å². The Kier molecular flexibility index (Phi) is 4.04. The molecule has 0 aromatic carbocycles. The van der Waals surface area contributed by atoms with Gasteiger partial charge in [0, 0.05) is 25.3 Å². The van der Waals surface area contributed by atoms with Crippen LogP contribution in [0.15, 0.2) is 12.3 Å². The number of aryl methyl sites for hydroxylation is 1. The van der Waals surface area contributed by atoms with Gasteiger partial charge in [0.25, 0.3) is 0 Å².